The largest absolute Gasteiger partial charge is 0.457 e. The Morgan fingerprint density at radius 2 is 1.72 bits per heavy atom. The van der Waals surface area contributed by atoms with Crippen LogP contribution in [0.4, 0.5) is 11.6 Å². The van der Waals surface area contributed by atoms with E-state index in [0.29, 0.717) is 41.3 Å². The van der Waals surface area contributed by atoms with Crippen molar-refractivity contribution in [2.75, 3.05) is 17.7 Å². The highest BCUT2D eigenvalue weighted by Crippen LogP contribution is 2.55. The number of nitrogens with one attached hydrogen (secondary N) is 1. The average molecular weight is 428 g/mol. The van der Waals surface area contributed by atoms with Gasteiger partial charge < -0.3 is 15.4 Å². The SMILES string of the molecule is CN(c1ncnc(N)c1C(=N)c1ccc(Oc2ccccc2)cc1)C1CC2(CC(=O)C2)C1. The predicted octanol–water partition coefficient (Wildman–Crippen LogP) is 4.22. The lowest BCUT2D eigenvalue weighted by Crippen LogP contribution is -2.56. The van der Waals surface area contributed by atoms with Crippen LogP contribution in [0, 0.1) is 10.8 Å². The van der Waals surface area contributed by atoms with Gasteiger partial charge in [0.1, 0.15) is 35.2 Å². The van der Waals surface area contributed by atoms with Gasteiger partial charge in [0.15, 0.2) is 0 Å². The standard InChI is InChI=1S/C25H25N5O2/c1-30(17-11-25(12-17)13-18(31)14-25)24-21(23(27)28-15-29-24)22(26)16-7-9-20(10-8-16)32-19-5-3-2-4-6-19/h2-10,15,17,26H,11-14H2,1H3,(H2,27,28,29). The third kappa shape index (κ3) is 3.60. The molecule has 0 unspecified atom stereocenters. The number of nitrogens with zero attached hydrogens (tertiary/aromatic N) is 3. The lowest BCUT2D eigenvalue weighted by molar-refractivity contribution is -0.139. The molecule has 0 amide bonds. The Kier molecular flexibility index (Phi) is 4.89. The van der Waals surface area contributed by atoms with Gasteiger partial charge in [-0.25, -0.2) is 9.97 Å². The molecule has 3 aromatic rings. The molecule has 7 heteroatoms. The summed E-state index contributed by atoms with van der Waals surface area (Å²) in [5, 5.41) is 8.83. The second kappa shape index (κ2) is 7.75. The van der Waals surface area contributed by atoms with Gasteiger partial charge in [-0.3, -0.25) is 10.2 Å². The zero-order valence-electron chi connectivity index (χ0n) is 17.9. The Morgan fingerprint density at radius 1 is 1.06 bits per heavy atom. The summed E-state index contributed by atoms with van der Waals surface area (Å²) in [5.41, 5.74) is 7.90. The fraction of sp³-hybridized carbons (Fsp3) is 0.280. The summed E-state index contributed by atoms with van der Waals surface area (Å²) in [6.45, 7) is 0. The molecule has 0 radical (unpaired) electrons. The van der Waals surface area contributed by atoms with Crippen LogP contribution in [0.3, 0.4) is 0 Å². The first-order chi connectivity index (χ1) is 15.4. The van der Waals surface area contributed by atoms with E-state index in [9.17, 15) is 4.79 Å². The smallest absolute Gasteiger partial charge is 0.143 e. The Bertz CT molecular complexity index is 1160. The molecule has 7 nitrogen and oxygen atoms in total. The number of nitrogens with two attached hydrogens (primary N) is 1. The van der Waals surface area contributed by atoms with Crippen LogP contribution in [-0.4, -0.2) is 34.6 Å². The molecule has 1 heterocycles. The van der Waals surface area contributed by atoms with Crippen LogP contribution in [0.2, 0.25) is 0 Å². The highest BCUT2D eigenvalue weighted by molar-refractivity contribution is 6.16. The third-order valence-electron chi connectivity index (χ3n) is 6.59. The van der Waals surface area contributed by atoms with Crippen LogP contribution in [0.25, 0.3) is 0 Å². The van der Waals surface area contributed by atoms with Crippen molar-refractivity contribution < 1.29 is 9.53 Å². The van der Waals surface area contributed by atoms with E-state index >= 15 is 0 Å². The molecule has 0 bridgehead atoms. The van der Waals surface area contributed by atoms with Crippen LogP contribution in [0.1, 0.15) is 36.8 Å². The number of ether oxygens (including phenoxy) is 1. The predicted molar refractivity (Wildman–Crippen MR) is 123 cm³/mol. The van der Waals surface area contributed by atoms with E-state index in [2.05, 4.69) is 14.9 Å². The van der Waals surface area contributed by atoms with Crippen LogP contribution in [0.15, 0.2) is 60.9 Å². The quantitative estimate of drug-likeness (QED) is 0.571. The van der Waals surface area contributed by atoms with Crippen molar-refractivity contribution in [3.05, 3.63) is 72.1 Å². The van der Waals surface area contributed by atoms with Gasteiger partial charge >= 0.3 is 0 Å². The number of rotatable bonds is 6. The molecule has 2 aliphatic rings. The van der Waals surface area contributed by atoms with Crippen LogP contribution in [-0.2, 0) is 4.79 Å². The lowest BCUT2D eigenvalue weighted by atomic mass is 9.53. The van der Waals surface area contributed by atoms with Gasteiger partial charge in [0.2, 0.25) is 0 Å². The normalized spacial score (nSPS) is 16.8. The van der Waals surface area contributed by atoms with Crippen LogP contribution < -0.4 is 15.4 Å². The van der Waals surface area contributed by atoms with Gasteiger partial charge in [-0.2, -0.15) is 0 Å². The van der Waals surface area contributed by atoms with Gasteiger partial charge in [0.25, 0.3) is 0 Å². The maximum absolute atomic E-state index is 11.4. The van der Waals surface area contributed by atoms with Gasteiger partial charge in [0.05, 0.1) is 11.3 Å². The number of carbonyl (C=O) groups is 1. The monoisotopic (exact) mass is 427 g/mol. The Balaban J connectivity index is 1.35. The first-order valence-corrected chi connectivity index (χ1v) is 10.7. The van der Waals surface area contributed by atoms with Gasteiger partial charge in [-0.1, -0.05) is 18.2 Å². The number of benzene rings is 2. The minimum Gasteiger partial charge on any atom is -0.457 e. The second-order valence-electron chi connectivity index (χ2n) is 8.84. The van der Waals surface area contributed by atoms with Crippen molar-refractivity contribution in [2.45, 2.75) is 31.7 Å². The molecule has 1 aromatic heterocycles. The summed E-state index contributed by atoms with van der Waals surface area (Å²) < 4.78 is 5.85. The Labute approximate surface area is 186 Å². The number of ketones is 1. The maximum atomic E-state index is 11.4. The van der Waals surface area contributed by atoms with E-state index in [0.717, 1.165) is 18.6 Å². The van der Waals surface area contributed by atoms with Gasteiger partial charge in [-0.15, -0.1) is 0 Å². The van der Waals surface area contributed by atoms with Gasteiger partial charge in [-0.05, 0) is 54.7 Å². The fourth-order valence-corrected chi connectivity index (χ4v) is 4.82. The average Bonchev–Trinajstić information content (AvgIpc) is 2.75. The number of hydrogen-bond donors (Lipinski definition) is 2. The van der Waals surface area contributed by atoms with E-state index in [1.807, 2.05) is 61.6 Å². The van der Waals surface area contributed by atoms with E-state index in [1.165, 1.54) is 6.33 Å². The summed E-state index contributed by atoms with van der Waals surface area (Å²) in [7, 11) is 1.98. The van der Waals surface area contributed by atoms with Crippen LogP contribution in [0.5, 0.6) is 11.5 Å². The number of para-hydroxylation sites is 1. The summed E-state index contributed by atoms with van der Waals surface area (Å²) in [4.78, 5) is 22.1. The van der Waals surface area contributed by atoms with E-state index < -0.39 is 0 Å². The molecule has 0 atom stereocenters. The molecule has 162 valence electrons. The molecular formula is C25H25N5O2. The summed E-state index contributed by atoms with van der Waals surface area (Å²) in [5.74, 6) is 2.74. The molecule has 2 aliphatic carbocycles. The number of aromatic nitrogens is 2. The molecule has 3 N–H and O–H groups in total. The molecule has 0 saturated heterocycles. The van der Waals surface area contributed by atoms with Crippen molar-refractivity contribution in [1.29, 1.82) is 5.41 Å². The summed E-state index contributed by atoms with van der Waals surface area (Å²) >= 11 is 0. The summed E-state index contributed by atoms with van der Waals surface area (Å²) in [6, 6.07) is 17.2. The summed E-state index contributed by atoms with van der Waals surface area (Å²) in [6.07, 6.45) is 4.78. The molecular weight excluding hydrogens is 402 g/mol. The van der Waals surface area contributed by atoms with Crippen molar-refractivity contribution in [3.63, 3.8) is 0 Å². The maximum Gasteiger partial charge on any atom is 0.143 e. The zero-order chi connectivity index (χ0) is 22.3. The fourth-order valence-electron chi connectivity index (χ4n) is 4.82. The number of anilines is 2. The third-order valence-corrected chi connectivity index (χ3v) is 6.59. The molecule has 5 rings (SSSR count). The molecule has 2 aromatic carbocycles. The molecule has 32 heavy (non-hydrogen) atoms. The first kappa shape index (κ1) is 20.2. The first-order valence-electron chi connectivity index (χ1n) is 10.7. The lowest BCUT2D eigenvalue weighted by Gasteiger charge is -2.55. The van der Waals surface area contributed by atoms with Crippen molar-refractivity contribution in [1.82, 2.24) is 9.97 Å². The molecule has 1 spiro atoms. The molecule has 2 saturated carbocycles. The zero-order valence-corrected chi connectivity index (χ0v) is 17.9. The van der Waals surface area contributed by atoms with Crippen molar-refractivity contribution in [3.8, 4) is 11.5 Å². The number of Topliss-reactive ketones (excluding diaryl/α,β-unsaturated/α-hetero) is 1. The highest BCUT2D eigenvalue weighted by atomic mass is 16.5. The Morgan fingerprint density at radius 3 is 2.38 bits per heavy atom. The van der Waals surface area contributed by atoms with Gasteiger partial charge in [0, 0.05) is 31.5 Å². The minimum atomic E-state index is 0.191. The topological polar surface area (TPSA) is 105 Å². The second-order valence-corrected chi connectivity index (χ2v) is 8.84. The number of nitrogen functional groups attached to an aromatic ring is 1. The molecule has 2 fully saturated rings. The number of hydrogen-bond acceptors (Lipinski definition) is 7. The minimum absolute atomic E-state index is 0.191. The van der Waals surface area contributed by atoms with E-state index in [1.54, 1.807) is 0 Å². The van der Waals surface area contributed by atoms with Crippen molar-refractivity contribution >= 4 is 23.1 Å². The van der Waals surface area contributed by atoms with E-state index in [-0.39, 0.29) is 23.0 Å². The van der Waals surface area contributed by atoms with Crippen molar-refractivity contribution in [2.24, 2.45) is 5.41 Å². The van der Waals surface area contributed by atoms with Crippen LogP contribution >= 0.6 is 0 Å². The Hall–Kier alpha value is -3.74. The van der Waals surface area contributed by atoms with E-state index in [4.69, 9.17) is 15.9 Å². The highest BCUT2D eigenvalue weighted by Gasteiger charge is 2.54. The molecule has 0 aliphatic heterocycles. The number of carbonyl (C=O) groups excluding carboxylic acids is 1.